The molecule has 0 saturated carbocycles. The van der Waals surface area contributed by atoms with Gasteiger partial charge in [0.15, 0.2) is 0 Å². The minimum absolute atomic E-state index is 0.000420. The van der Waals surface area contributed by atoms with Crippen LogP contribution in [0.15, 0.2) is 29.2 Å². The summed E-state index contributed by atoms with van der Waals surface area (Å²) in [5.74, 6) is 0.544. The Labute approximate surface area is 203 Å². The first-order valence-corrected chi connectivity index (χ1v) is 14.1. The average molecular weight is 492 g/mol. The molecule has 0 aromatic heterocycles. The molecule has 3 heterocycles. The van der Waals surface area contributed by atoms with Crippen molar-refractivity contribution in [2.75, 3.05) is 46.4 Å². The third-order valence-corrected chi connectivity index (χ3v) is 9.38. The van der Waals surface area contributed by atoms with E-state index in [-0.39, 0.29) is 35.1 Å². The molecule has 0 aliphatic carbocycles. The van der Waals surface area contributed by atoms with E-state index in [0.29, 0.717) is 51.1 Å². The quantitative estimate of drug-likeness (QED) is 0.632. The number of sulfonamides is 1. The molecule has 34 heavy (non-hydrogen) atoms. The Kier molecular flexibility index (Phi) is 8.14. The second-order valence-corrected chi connectivity index (χ2v) is 11.7. The van der Waals surface area contributed by atoms with Gasteiger partial charge in [-0.05, 0) is 62.8 Å². The van der Waals surface area contributed by atoms with Gasteiger partial charge in [0.2, 0.25) is 21.8 Å². The lowest BCUT2D eigenvalue weighted by atomic mass is 9.92. The van der Waals surface area contributed by atoms with Gasteiger partial charge < -0.3 is 14.5 Å². The van der Waals surface area contributed by atoms with Crippen LogP contribution in [0.1, 0.15) is 51.4 Å². The van der Waals surface area contributed by atoms with Gasteiger partial charge in [-0.15, -0.1) is 0 Å². The summed E-state index contributed by atoms with van der Waals surface area (Å²) in [6.07, 6.45) is 7.31. The van der Waals surface area contributed by atoms with Crippen LogP contribution in [0.4, 0.5) is 0 Å². The van der Waals surface area contributed by atoms with Gasteiger partial charge in [0.1, 0.15) is 5.75 Å². The van der Waals surface area contributed by atoms with Gasteiger partial charge in [0.05, 0.1) is 17.9 Å². The molecule has 0 bridgehead atoms. The van der Waals surface area contributed by atoms with Crippen LogP contribution in [0, 0.1) is 11.8 Å². The molecule has 0 unspecified atom stereocenters. The van der Waals surface area contributed by atoms with Crippen LogP contribution in [0.25, 0.3) is 0 Å². The highest BCUT2D eigenvalue weighted by Gasteiger charge is 2.37. The van der Waals surface area contributed by atoms with E-state index < -0.39 is 10.0 Å². The molecular formula is C25H37N3O5S. The van der Waals surface area contributed by atoms with Crippen molar-refractivity contribution in [3.05, 3.63) is 24.3 Å². The number of carbonyl (C=O) groups excluding carboxylic acids is 2. The predicted octanol–water partition coefficient (Wildman–Crippen LogP) is 2.74. The molecule has 2 amide bonds. The molecule has 1 aromatic carbocycles. The maximum atomic E-state index is 13.3. The second kappa shape index (κ2) is 11.1. The maximum absolute atomic E-state index is 13.3. The van der Waals surface area contributed by atoms with E-state index in [1.54, 1.807) is 24.3 Å². The molecule has 0 radical (unpaired) electrons. The zero-order valence-corrected chi connectivity index (χ0v) is 21.0. The lowest BCUT2D eigenvalue weighted by Crippen LogP contribution is -2.50. The summed E-state index contributed by atoms with van der Waals surface area (Å²) >= 11 is 0. The minimum Gasteiger partial charge on any atom is -0.497 e. The number of hydrogen-bond donors (Lipinski definition) is 0. The molecule has 0 spiro atoms. The summed E-state index contributed by atoms with van der Waals surface area (Å²) in [7, 11) is -2.12. The first-order chi connectivity index (χ1) is 16.4. The largest absolute Gasteiger partial charge is 0.497 e. The third kappa shape index (κ3) is 5.57. The molecule has 1 aromatic rings. The summed E-state index contributed by atoms with van der Waals surface area (Å²) in [5.41, 5.74) is 0. The fourth-order valence-electron chi connectivity index (χ4n) is 5.41. The van der Waals surface area contributed by atoms with Gasteiger partial charge in [-0.2, -0.15) is 4.31 Å². The van der Waals surface area contributed by atoms with E-state index in [9.17, 15) is 18.0 Å². The van der Waals surface area contributed by atoms with E-state index in [0.717, 1.165) is 25.9 Å². The van der Waals surface area contributed by atoms with Crippen molar-refractivity contribution < 1.29 is 22.7 Å². The van der Waals surface area contributed by atoms with Crippen molar-refractivity contribution in [2.24, 2.45) is 11.8 Å². The van der Waals surface area contributed by atoms with Gasteiger partial charge in [-0.1, -0.05) is 12.8 Å². The predicted molar refractivity (Wildman–Crippen MR) is 129 cm³/mol. The molecule has 3 saturated heterocycles. The normalized spacial score (nSPS) is 23.4. The fraction of sp³-hybridized carbons (Fsp3) is 0.680. The van der Waals surface area contributed by atoms with E-state index in [4.69, 9.17) is 4.74 Å². The zero-order valence-electron chi connectivity index (χ0n) is 20.2. The van der Waals surface area contributed by atoms with Gasteiger partial charge in [-0.3, -0.25) is 9.59 Å². The number of ether oxygens (including phenoxy) is 1. The van der Waals surface area contributed by atoms with E-state index in [2.05, 4.69) is 0 Å². The van der Waals surface area contributed by atoms with Crippen LogP contribution in [0.5, 0.6) is 5.75 Å². The topological polar surface area (TPSA) is 87.2 Å². The SMILES string of the molecule is COc1ccc(S(=O)(=O)N2CCC[C@H](C(=O)N3CCC(C(=O)N4CCCCCC4)CC3)C2)cc1. The molecule has 188 valence electrons. The van der Waals surface area contributed by atoms with Crippen LogP contribution < -0.4 is 4.74 Å². The van der Waals surface area contributed by atoms with Gasteiger partial charge in [0.25, 0.3) is 0 Å². The Balaban J connectivity index is 1.33. The molecular weight excluding hydrogens is 454 g/mol. The summed E-state index contributed by atoms with van der Waals surface area (Å²) in [5, 5.41) is 0. The Morgan fingerprint density at radius 2 is 1.35 bits per heavy atom. The lowest BCUT2D eigenvalue weighted by Gasteiger charge is -2.38. The van der Waals surface area contributed by atoms with Crippen LogP contribution in [0.3, 0.4) is 0 Å². The first kappa shape index (κ1) is 25.0. The van der Waals surface area contributed by atoms with Crippen molar-refractivity contribution in [2.45, 2.75) is 56.3 Å². The highest BCUT2D eigenvalue weighted by atomic mass is 32.2. The average Bonchev–Trinajstić information content (AvgIpc) is 3.18. The van der Waals surface area contributed by atoms with Crippen LogP contribution in [-0.4, -0.2) is 80.7 Å². The molecule has 3 aliphatic heterocycles. The molecule has 1 atom stereocenters. The maximum Gasteiger partial charge on any atom is 0.243 e. The number of likely N-dealkylation sites (tertiary alicyclic amines) is 2. The van der Waals surface area contributed by atoms with Gasteiger partial charge in [-0.25, -0.2) is 8.42 Å². The number of hydrogen-bond acceptors (Lipinski definition) is 5. The first-order valence-electron chi connectivity index (χ1n) is 12.6. The number of nitrogens with zero attached hydrogens (tertiary/aromatic N) is 3. The van der Waals surface area contributed by atoms with Crippen molar-refractivity contribution in [1.29, 1.82) is 0 Å². The summed E-state index contributed by atoms with van der Waals surface area (Å²) in [4.78, 5) is 30.3. The molecule has 3 aliphatic rings. The highest BCUT2D eigenvalue weighted by Crippen LogP contribution is 2.28. The number of carbonyl (C=O) groups is 2. The number of methoxy groups -OCH3 is 1. The number of benzene rings is 1. The molecule has 8 nitrogen and oxygen atoms in total. The molecule has 4 rings (SSSR count). The third-order valence-electron chi connectivity index (χ3n) is 7.50. The Morgan fingerprint density at radius 1 is 0.765 bits per heavy atom. The molecule has 0 N–H and O–H groups in total. The fourth-order valence-corrected chi connectivity index (χ4v) is 6.94. The van der Waals surface area contributed by atoms with E-state index in [1.165, 1.54) is 24.3 Å². The Morgan fingerprint density at radius 3 is 1.97 bits per heavy atom. The Hall–Kier alpha value is -2.13. The summed E-state index contributed by atoms with van der Waals surface area (Å²) in [6.45, 7) is 3.50. The van der Waals surface area contributed by atoms with Gasteiger partial charge in [0, 0.05) is 45.2 Å². The van der Waals surface area contributed by atoms with Crippen LogP contribution >= 0.6 is 0 Å². The second-order valence-electron chi connectivity index (χ2n) is 9.72. The number of piperidine rings is 2. The summed E-state index contributed by atoms with van der Waals surface area (Å²) < 4.78 is 32.8. The Bertz CT molecular complexity index is 949. The molecule has 9 heteroatoms. The number of amides is 2. The number of rotatable bonds is 5. The smallest absolute Gasteiger partial charge is 0.243 e. The van der Waals surface area contributed by atoms with E-state index >= 15 is 0 Å². The van der Waals surface area contributed by atoms with Crippen LogP contribution in [0.2, 0.25) is 0 Å². The van der Waals surface area contributed by atoms with Crippen molar-refractivity contribution in [3.8, 4) is 5.75 Å². The van der Waals surface area contributed by atoms with Crippen molar-refractivity contribution >= 4 is 21.8 Å². The standard InChI is InChI=1S/C25H37N3O5S/c1-33-22-8-10-23(11-9-22)34(31,32)28-16-6-7-21(19-28)25(30)27-17-12-20(13-18-27)24(29)26-14-4-2-3-5-15-26/h8-11,20-21H,2-7,12-19H2,1H3/t21-/m0/s1. The highest BCUT2D eigenvalue weighted by molar-refractivity contribution is 7.89. The zero-order chi connectivity index (χ0) is 24.1. The summed E-state index contributed by atoms with van der Waals surface area (Å²) in [6, 6.07) is 6.37. The molecule has 3 fully saturated rings. The van der Waals surface area contributed by atoms with E-state index in [1.807, 2.05) is 9.80 Å². The minimum atomic E-state index is -3.66. The van der Waals surface area contributed by atoms with Crippen molar-refractivity contribution in [3.63, 3.8) is 0 Å². The van der Waals surface area contributed by atoms with Crippen molar-refractivity contribution in [1.82, 2.24) is 14.1 Å². The van der Waals surface area contributed by atoms with Gasteiger partial charge >= 0.3 is 0 Å². The monoisotopic (exact) mass is 491 g/mol. The lowest BCUT2D eigenvalue weighted by molar-refractivity contribution is -0.143. The van der Waals surface area contributed by atoms with Crippen LogP contribution in [-0.2, 0) is 19.6 Å².